The van der Waals surface area contributed by atoms with Crippen molar-refractivity contribution in [2.75, 3.05) is 38.2 Å². The second-order valence-electron chi connectivity index (χ2n) is 10.1. The highest BCUT2D eigenvalue weighted by atomic mass is 35.5. The number of benzene rings is 1. The Kier molecular flexibility index (Phi) is 8.07. The molecule has 7 nitrogen and oxygen atoms in total. The molecule has 0 unspecified atom stereocenters. The van der Waals surface area contributed by atoms with Crippen molar-refractivity contribution in [3.8, 4) is 11.6 Å². The van der Waals surface area contributed by atoms with Gasteiger partial charge in [0.2, 0.25) is 5.88 Å². The predicted molar refractivity (Wildman–Crippen MR) is 150 cm³/mol. The molecule has 0 aliphatic carbocycles. The van der Waals surface area contributed by atoms with E-state index in [1.807, 2.05) is 24.3 Å². The third kappa shape index (κ3) is 5.60. The number of methoxy groups -OCH3 is 1. The van der Waals surface area contributed by atoms with Gasteiger partial charge in [0.25, 0.3) is 0 Å². The summed E-state index contributed by atoms with van der Waals surface area (Å²) in [5.74, 6) is 2.52. The normalized spacial score (nSPS) is 22.2. The number of aldehydes is 1. The number of carbonyl (C=O) groups is 1. The molecule has 0 radical (unpaired) electrons. The van der Waals surface area contributed by atoms with Gasteiger partial charge in [0, 0.05) is 55.3 Å². The summed E-state index contributed by atoms with van der Waals surface area (Å²) in [4.78, 5) is 26.2. The summed E-state index contributed by atoms with van der Waals surface area (Å²) in [5, 5.41) is 1.28. The number of piperidine rings is 1. The van der Waals surface area contributed by atoms with E-state index in [1.165, 1.54) is 11.8 Å². The lowest BCUT2D eigenvalue weighted by Crippen LogP contribution is -2.56. The van der Waals surface area contributed by atoms with Crippen molar-refractivity contribution >= 4 is 35.3 Å². The van der Waals surface area contributed by atoms with Crippen LogP contribution in [-0.4, -0.2) is 66.1 Å². The molecule has 0 spiro atoms. The highest BCUT2D eigenvalue weighted by Gasteiger charge is 2.48. The Labute approximate surface area is 233 Å². The first-order chi connectivity index (χ1) is 18.4. The summed E-state index contributed by atoms with van der Waals surface area (Å²) in [6, 6.07) is 15.5. The van der Waals surface area contributed by atoms with Crippen LogP contribution in [0.5, 0.6) is 11.6 Å². The maximum Gasteiger partial charge on any atom is 0.213 e. The molecule has 2 aromatic heterocycles. The number of ether oxygens (including phenoxy) is 2. The Hall–Kier alpha value is -2.87. The average Bonchev–Trinajstić information content (AvgIpc) is 3.41. The monoisotopic (exact) mass is 554 g/mol. The summed E-state index contributed by atoms with van der Waals surface area (Å²) < 4.78 is 11.5. The minimum Gasteiger partial charge on any atom is -0.495 e. The van der Waals surface area contributed by atoms with E-state index in [2.05, 4.69) is 38.8 Å². The number of hydrogen-bond donors (Lipinski definition) is 0. The van der Waals surface area contributed by atoms with Gasteiger partial charge < -0.3 is 19.2 Å². The number of anilines is 1. The maximum absolute atomic E-state index is 12.7. The van der Waals surface area contributed by atoms with Crippen LogP contribution in [-0.2, 0) is 4.79 Å². The van der Waals surface area contributed by atoms with Crippen molar-refractivity contribution in [1.82, 2.24) is 14.9 Å². The summed E-state index contributed by atoms with van der Waals surface area (Å²) in [7, 11) is 1.63. The standard InChI is InChI=1S/C29H32Cl2N4O3/c1-20(38-28-10-7-23(31)15-33-28)25-17-35(18-26(25)21-3-5-22(30)6-4-21)29(19-36)11-13-34(14-12-29)27-9-8-24(37-2)16-32-27/h3-10,15-16,19-20,25-26H,11-14,17-18H2,1-2H3/t20-,25+,26+/m0/s1. The van der Waals surface area contributed by atoms with E-state index in [-0.39, 0.29) is 17.9 Å². The van der Waals surface area contributed by atoms with Gasteiger partial charge in [-0.2, -0.15) is 0 Å². The highest BCUT2D eigenvalue weighted by Crippen LogP contribution is 2.42. The van der Waals surface area contributed by atoms with Crippen molar-refractivity contribution in [2.24, 2.45) is 5.92 Å². The molecule has 1 aromatic carbocycles. The lowest BCUT2D eigenvalue weighted by molar-refractivity contribution is -0.119. The Morgan fingerprint density at radius 1 is 0.974 bits per heavy atom. The van der Waals surface area contributed by atoms with Gasteiger partial charge in [0.05, 0.1) is 23.9 Å². The van der Waals surface area contributed by atoms with Gasteiger partial charge in [-0.1, -0.05) is 35.3 Å². The van der Waals surface area contributed by atoms with Crippen LogP contribution in [0.1, 0.15) is 31.2 Å². The molecule has 2 aliphatic heterocycles. The fraction of sp³-hybridized carbons (Fsp3) is 0.414. The van der Waals surface area contributed by atoms with Gasteiger partial charge in [0.1, 0.15) is 24.0 Å². The first kappa shape index (κ1) is 26.7. The second kappa shape index (κ2) is 11.5. The molecule has 4 heterocycles. The Morgan fingerprint density at radius 3 is 2.32 bits per heavy atom. The van der Waals surface area contributed by atoms with E-state index < -0.39 is 5.54 Å². The van der Waals surface area contributed by atoms with E-state index in [1.54, 1.807) is 31.6 Å². The maximum atomic E-state index is 12.7. The number of aromatic nitrogens is 2. The zero-order valence-electron chi connectivity index (χ0n) is 21.6. The fourth-order valence-corrected chi connectivity index (χ4v) is 5.99. The second-order valence-corrected chi connectivity index (χ2v) is 11.0. The van der Waals surface area contributed by atoms with Gasteiger partial charge in [-0.25, -0.2) is 9.97 Å². The van der Waals surface area contributed by atoms with Gasteiger partial charge in [-0.15, -0.1) is 0 Å². The quantitative estimate of drug-likeness (QED) is 0.340. The lowest BCUT2D eigenvalue weighted by atomic mass is 9.86. The molecule has 2 saturated heterocycles. The molecule has 38 heavy (non-hydrogen) atoms. The highest BCUT2D eigenvalue weighted by molar-refractivity contribution is 6.30. The van der Waals surface area contributed by atoms with E-state index >= 15 is 0 Å². The molecule has 0 bridgehead atoms. The molecular weight excluding hydrogens is 523 g/mol. The molecule has 0 saturated carbocycles. The van der Waals surface area contributed by atoms with Crippen LogP contribution < -0.4 is 14.4 Å². The molecule has 2 aliphatic rings. The number of pyridine rings is 2. The van der Waals surface area contributed by atoms with Gasteiger partial charge in [-0.05, 0) is 55.7 Å². The fourth-order valence-electron chi connectivity index (χ4n) is 5.75. The molecule has 0 N–H and O–H groups in total. The first-order valence-corrected chi connectivity index (χ1v) is 13.7. The number of carbonyl (C=O) groups excluding carboxylic acids is 1. The third-order valence-electron chi connectivity index (χ3n) is 8.03. The Balaban J connectivity index is 1.34. The molecule has 3 aromatic rings. The molecule has 200 valence electrons. The number of halogens is 2. The van der Waals surface area contributed by atoms with Crippen LogP contribution in [0.15, 0.2) is 60.9 Å². The van der Waals surface area contributed by atoms with Gasteiger partial charge in [-0.3, -0.25) is 4.90 Å². The molecule has 2 fully saturated rings. The van der Waals surface area contributed by atoms with Crippen molar-refractivity contribution in [2.45, 2.75) is 37.3 Å². The zero-order valence-corrected chi connectivity index (χ0v) is 23.1. The number of likely N-dealkylation sites (tertiary alicyclic amines) is 1. The molecule has 5 rings (SSSR count). The van der Waals surface area contributed by atoms with Crippen molar-refractivity contribution < 1.29 is 14.3 Å². The van der Waals surface area contributed by atoms with Crippen LogP contribution in [0.25, 0.3) is 0 Å². The van der Waals surface area contributed by atoms with Crippen LogP contribution in [0.3, 0.4) is 0 Å². The van der Waals surface area contributed by atoms with Crippen molar-refractivity contribution in [3.05, 3.63) is 76.5 Å². The van der Waals surface area contributed by atoms with Gasteiger partial charge >= 0.3 is 0 Å². The minimum absolute atomic E-state index is 0.123. The molecule has 0 amide bonds. The molecule has 9 heteroatoms. The minimum atomic E-state index is -0.527. The number of nitrogens with zero attached hydrogens (tertiary/aromatic N) is 4. The average molecular weight is 556 g/mol. The smallest absolute Gasteiger partial charge is 0.213 e. The zero-order chi connectivity index (χ0) is 26.7. The first-order valence-electron chi connectivity index (χ1n) is 12.9. The number of rotatable bonds is 8. The van der Waals surface area contributed by atoms with E-state index in [0.29, 0.717) is 15.9 Å². The summed E-state index contributed by atoms with van der Waals surface area (Å²) in [6.45, 7) is 5.12. The molecular formula is C29H32Cl2N4O3. The lowest BCUT2D eigenvalue weighted by Gasteiger charge is -2.44. The summed E-state index contributed by atoms with van der Waals surface area (Å²) in [6.07, 6.45) is 5.83. The van der Waals surface area contributed by atoms with Crippen molar-refractivity contribution in [3.63, 3.8) is 0 Å². The van der Waals surface area contributed by atoms with Gasteiger partial charge in [0.15, 0.2) is 0 Å². The van der Waals surface area contributed by atoms with Crippen LogP contribution >= 0.6 is 23.2 Å². The van der Waals surface area contributed by atoms with E-state index in [0.717, 1.165) is 50.6 Å². The van der Waals surface area contributed by atoms with E-state index in [4.69, 9.17) is 32.7 Å². The summed E-state index contributed by atoms with van der Waals surface area (Å²) >= 11 is 12.2. The van der Waals surface area contributed by atoms with Crippen LogP contribution in [0.4, 0.5) is 5.82 Å². The largest absolute Gasteiger partial charge is 0.495 e. The van der Waals surface area contributed by atoms with Crippen LogP contribution in [0, 0.1) is 5.92 Å². The van der Waals surface area contributed by atoms with Crippen molar-refractivity contribution in [1.29, 1.82) is 0 Å². The summed E-state index contributed by atoms with van der Waals surface area (Å²) in [5.41, 5.74) is 0.669. The molecule has 3 atom stereocenters. The Bertz CT molecular complexity index is 1220. The number of hydrogen-bond acceptors (Lipinski definition) is 7. The Morgan fingerprint density at radius 2 is 1.71 bits per heavy atom. The SMILES string of the molecule is COc1ccc(N2CCC(C=O)(N3C[C@H]([C@H](C)Oc4ccc(Cl)cn4)[C@@H](c4ccc(Cl)cc4)C3)CC2)nc1. The van der Waals surface area contributed by atoms with E-state index in [9.17, 15) is 4.79 Å². The predicted octanol–water partition coefficient (Wildman–Crippen LogP) is 5.51. The third-order valence-corrected chi connectivity index (χ3v) is 8.51. The topological polar surface area (TPSA) is 67.8 Å². The van der Waals surface area contributed by atoms with Crippen LogP contribution in [0.2, 0.25) is 10.0 Å².